The van der Waals surface area contributed by atoms with Crippen LogP contribution in [0.5, 0.6) is 0 Å². The van der Waals surface area contributed by atoms with Crippen molar-refractivity contribution >= 4 is 43.8 Å². The lowest BCUT2D eigenvalue weighted by molar-refractivity contribution is -0.147. The Bertz CT molecular complexity index is 231. The van der Waals surface area contributed by atoms with Crippen LogP contribution in [0.25, 0.3) is 0 Å². The summed E-state index contributed by atoms with van der Waals surface area (Å²) in [6.45, 7) is 3.48. The number of halogens is 2. The Kier molecular flexibility index (Phi) is 7.22. The molecule has 16 heavy (non-hydrogen) atoms. The van der Waals surface area contributed by atoms with Gasteiger partial charge >= 0.3 is 11.9 Å². The molecule has 0 rings (SSSR count). The van der Waals surface area contributed by atoms with Crippen LogP contribution in [0, 0.1) is 11.8 Å². The topological polar surface area (TPSA) is 52.6 Å². The quantitative estimate of drug-likeness (QED) is 0.557. The van der Waals surface area contributed by atoms with Crippen molar-refractivity contribution in [2.45, 2.75) is 23.5 Å². The summed E-state index contributed by atoms with van der Waals surface area (Å²) >= 11 is 6.79. The van der Waals surface area contributed by atoms with Gasteiger partial charge in [0.1, 0.15) is 0 Å². The maximum Gasteiger partial charge on any atom is 0.309 e. The minimum atomic E-state index is -0.346. The molecular formula is C10H16Br2O4. The first-order chi connectivity index (χ1) is 7.36. The molecule has 0 heterocycles. The lowest BCUT2D eigenvalue weighted by Gasteiger charge is -2.24. The summed E-state index contributed by atoms with van der Waals surface area (Å²) in [7, 11) is 2.68. The summed E-state index contributed by atoms with van der Waals surface area (Å²) in [5.74, 6) is -1.32. The lowest BCUT2D eigenvalue weighted by atomic mass is 9.98. The highest BCUT2D eigenvalue weighted by Gasteiger charge is 2.34. The highest BCUT2D eigenvalue weighted by molar-refractivity contribution is 9.12. The molecule has 0 aliphatic heterocycles. The van der Waals surface area contributed by atoms with Crippen LogP contribution in [0.3, 0.4) is 0 Å². The van der Waals surface area contributed by atoms with Crippen molar-refractivity contribution in [2.24, 2.45) is 11.8 Å². The Morgan fingerprint density at radius 1 is 0.875 bits per heavy atom. The van der Waals surface area contributed by atoms with Crippen molar-refractivity contribution in [3.8, 4) is 0 Å². The Morgan fingerprint density at radius 2 is 1.12 bits per heavy atom. The highest BCUT2D eigenvalue weighted by Crippen LogP contribution is 2.29. The van der Waals surface area contributed by atoms with E-state index in [9.17, 15) is 9.59 Å². The monoisotopic (exact) mass is 358 g/mol. The average molecular weight is 360 g/mol. The van der Waals surface area contributed by atoms with Crippen LogP contribution < -0.4 is 0 Å². The first kappa shape index (κ1) is 15.9. The third-order valence-electron chi connectivity index (χ3n) is 2.41. The molecule has 0 spiro atoms. The second-order valence-corrected chi connectivity index (χ2v) is 5.63. The maximum absolute atomic E-state index is 11.3. The first-order valence-electron chi connectivity index (χ1n) is 4.80. The third kappa shape index (κ3) is 4.05. The zero-order valence-corrected chi connectivity index (χ0v) is 12.9. The van der Waals surface area contributed by atoms with Crippen molar-refractivity contribution in [3.63, 3.8) is 0 Å². The molecule has 94 valence electrons. The van der Waals surface area contributed by atoms with Crippen LogP contribution in [0.1, 0.15) is 13.8 Å². The number of hydrogen-bond acceptors (Lipinski definition) is 4. The molecule has 0 saturated heterocycles. The first-order valence-corrected chi connectivity index (χ1v) is 6.63. The summed E-state index contributed by atoms with van der Waals surface area (Å²) in [6.07, 6.45) is 0. The van der Waals surface area contributed by atoms with Crippen molar-refractivity contribution < 1.29 is 19.1 Å². The number of ether oxygens (including phenoxy) is 2. The molecule has 0 fully saturated rings. The van der Waals surface area contributed by atoms with E-state index in [1.807, 2.05) is 0 Å². The van der Waals surface area contributed by atoms with E-state index in [1.54, 1.807) is 13.8 Å². The number of rotatable bonds is 5. The Labute approximate surface area is 112 Å². The van der Waals surface area contributed by atoms with Crippen molar-refractivity contribution in [2.75, 3.05) is 14.2 Å². The van der Waals surface area contributed by atoms with Gasteiger partial charge in [0.15, 0.2) is 0 Å². The van der Waals surface area contributed by atoms with E-state index < -0.39 is 0 Å². The molecule has 0 aliphatic rings. The van der Waals surface area contributed by atoms with Crippen LogP contribution in [0.2, 0.25) is 0 Å². The van der Waals surface area contributed by atoms with Gasteiger partial charge in [0, 0.05) is 9.65 Å². The van der Waals surface area contributed by atoms with E-state index in [0.29, 0.717) is 0 Å². The Morgan fingerprint density at radius 3 is 1.31 bits per heavy atom. The third-order valence-corrected chi connectivity index (χ3v) is 5.84. The lowest BCUT2D eigenvalue weighted by Crippen LogP contribution is -2.36. The molecule has 0 unspecified atom stereocenters. The normalized spacial score (nSPS) is 18.1. The molecule has 0 aliphatic carbocycles. The van der Waals surface area contributed by atoms with Crippen LogP contribution in [-0.4, -0.2) is 35.8 Å². The zero-order chi connectivity index (χ0) is 12.9. The van der Waals surface area contributed by atoms with Crippen LogP contribution in [-0.2, 0) is 19.1 Å². The summed E-state index contributed by atoms with van der Waals surface area (Å²) < 4.78 is 9.29. The van der Waals surface area contributed by atoms with Crippen molar-refractivity contribution in [1.29, 1.82) is 0 Å². The molecule has 0 amide bonds. The molecule has 4 nitrogen and oxygen atoms in total. The molecule has 0 N–H and O–H groups in total. The Hall–Kier alpha value is -0.100. The number of carbonyl (C=O) groups excluding carboxylic acids is 2. The summed E-state index contributed by atoms with van der Waals surface area (Å²) in [6, 6.07) is 0. The van der Waals surface area contributed by atoms with Gasteiger partial charge in [0.05, 0.1) is 26.1 Å². The molecule has 0 bridgehead atoms. The summed E-state index contributed by atoms with van der Waals surface area (Å²) in [5.41, 5.74) is 0. The smallest absolute Gasteiger partial charge is 0.309 e. The molecule has 0 saturated carbocycles. The number of carbonyl (C=O) groups is 2. The minimum Gasteiger partial charge on any atom is -0.469 e. The second-order valence-electron chi connectivity index (χ2n) is 3.51. The van der Waals surface area contributed by atoms with Gasteiger partial charge in [0.2, 0.25) is 0 Å². The van der Waals surface area contributed by atoms with Crippen molar-refractivity contribution in [1.82, 2.24) is 0 Å². The van der Waals surface area contributed by atoms with Gasteiger partial charge in [-0.05, 0) is 0 Å². The average Bonchev–Trinajstić information content (AvgIpc) is 2.32. The predicted octanol–water partition coefficient (Wildman–Crippen LogP) is 2.13. The number of hydrogen-bond donors (Lipinski definition) is 0. The van der Waals surface area contributed by atoms with Crippen LogP contribution in [0.15, 0.2) is 0 Å². The summed E-state index contributed by atoms with van der Waals surface area (Å²) in [4.78, 5) is 22.3. The van der Waals surface area contributed by atoms with E-state index in [0.717, 1.165) is 0 Å². The number of esters is 2. The highest BCUT2D eigenvalue weighted by atomic mass is 79.9. The largest absolute Gasteiger partial charge is 0.469 e. The second kappa shape index (κ2) is 7.27. The zero-order valence-electron chi connectivity index (χ0n) is 9.70. The minimum absolute atomic E-state index is 0.200. The van der Waals surface area contributed by atoms with Crippen molar-refractivity contribution in [3.05, 3.63) is 0 Å². The Balaban J connectivity index is 4.54. The molecule has 6 heteroatoms. The van der Waals surface area contributed by atoms with Gasteiger partial charge in [0.25, 0.3) is 0 Å². The van der Waals surface area contributed by atoms with E-state index in [2.05, 4.69) is 41.3 Å². The molecule has 4 atom stereocenters. The molecular weight excluding hydrogens is 344 g/mol. The van der Waals surface area contributed by atoms with Crippen LogP contribution >= 0.6 is 31.9 Å². The van der Waals surface area contributed by atoms with E-state index in [1.165, 1.54) is 14.2 Å². The van der Waals surface area contributed by atoms with E-state index in [-0.39, 0.29) is 33.4 Å². The standard InChI is InChI=1S/C10H16Br2O4/c1-5(9(13)15-3)7(11)8(12)6(2)10(14)16-4/h5-8H,1-4H3/t5-,6+,7+,8-. The fraction of sp³-hybridized carbons (Fsp3) is 0.800. The van der Waals surface area contributed by atoms with Gasteiger partial charge in [-0.2, -0.15) is 0 Å². The maximum atomic E-state index is 11.3. The fourth-order valence-electron chi connectivity index (χ4n) is 1.18. The molecule has 0 aromatic carbocycles. The van der Waals surface area contributed by atoms with Crippen LogP contribution in [0.4, 0.5) is 0 Å². The SMILES string of the molecule is COC(=O)[C@@H](C)[C@@H](Br)[C@@H](Br)[C@@H](C)C(=O)OC. The molecule has 0 radical (unpaired) electrons. The number of alkyl halides is 2. The van der Waals surface area contributed by atoms with Gasteiger partial charge in [-0.15, -0.1) is 0 Å². The summed E-state index contributed by atoms with van der Waals surface area (Å²) in [5, 5.41) is 0. The van der Waals surface area contributed by atoms with Gasteiger partial charge in [-0.1, -0.05) is 45.7 Å². The van der Waals surface area contributed by atoms with Gasteiger partial charge in [-0.25, -0.2) is 0 Å². The fourth-order valence-corrected chi connectivity index (χ4v) is 2.53. The molecule has 0 aromatic heterocycles. The van der Waals surface area contributed by atoms with Gasteiger partial charge in [-0.3, -0.25) is 9.59 Å². The predicted molar refractivity (Wildman–Crippen MR) is 67.8 cm³/mol. The molecule has 0 aromatic rings. The van der Waals surface area contributed by atoms with Gasteiger partial charge < -0.3 is 9.47 Å². The van der Waals surface area contributed by atoms with E-state index >= 15 is 0 Å². The number of methoxy groups -OCH3 is 2. The van der Waals surface area contributed by atoms with E-state index in [4.69, 9.17) is 0 Å².